The number of benzene rings is 2. The topological polar surface area (TPSA) is 32.8 Å². The number of methoxy groups -OCH3 is 1. The molecule has 4 nitrogen and oxygen atoms in total. The van der Waals surface area contributed by atoms with E-state index in [1.807, 2.05) is 30.0 Å². The van der Waals surface area contributed by atoms with Crippen molar-refractivity contribution in [2.24, 2.45) is 0 Å². The molecule has 0 N–H and O–H groups in total. The van der Waals surface area contributed by atoms with Gasteiger partial charge in [-0.05, 0) is 56.5 Å². The lowest BCUT2D eigenvalue weighted by Gasteiger charge is -2.39. The van der Waals surface area contributed by atoms with Crippen LogP contribution in [0.25, 0.3) is 0 Å². The second kappa shape index (κ2) is 8.40. The summed E-state index contributed by atoms with van der Waals surface area (Å²) in [4.78, 5) is 17.2. The van der Waals surface area contributed by atoms with Crippen molar-refractivity contribution in [3.63, 3.8) is 0 Å². The summed E-state index contributed by atoms with van der Waals surface area (Å²) in [7, 11) is 7.59. The molecule has 28 heavy (non-hydrogen) atoms. The molecule has 1 aliphatic rings. The number of piperazine rings is 1. The fourth-order valence-corrected chi connectivity index (χ4v) is 3.99. The van der Waals surface area contributed by atoms with Crippen LogP contribution in [-0.2, 0) is 0 Å². The van der Waals surface area contributed by atoms with Crippen molar-refractivity contribution in [3.05, 3.63) is 58.1 Å². The third-order valence-corrected chi connectivity index (χ3v) is 6.12. The van der Waals surface area contributed by atoms with Crippen LogP contribution in [0.3, 0.4) is 0 Å². The lowest BCUT2D eigenvalue weighted by Crippen LogP contribution is -2.49. The van der Waals surface area contributed by atoms with Gasteiger partial charge in [-0.25, -0.2) is 0 Å². The van der Waals surface area contributed by atoms with Gasteiger partial charge in [-0.1, -0.05) is 29.2 Å². The third-order valence-electron chi connectivity index (χ3n) is 6.12. The van der Waals surface area contributed by atoms with Crippen LogP contribution in [-0.4, -0.2) is 56.8 Å². The smallest absolute Gasteiger partial charge is 0.253 e. The molecule has 1 amide bonds. The van der Waals surface area contributed by atoms with E-state index in [2.05, 4.69) is 37.8 Å². The van der Waals surface area contributed by atoms with Gasteiger partial charge in [0.25, 0.3) is 5.91 Å². The molecule has 1 heterocycles. The Kier molecular flexibility index (Phi) is 6.14. The molecule has 0 aromatic heterocycles. The van der Waals surface area contributed by atoms with Crippen LogP contribution in [0.15, 0.2) is 30.3 Å². The van der Waals surface area contributed by atoms with Crippen LogP contribution in [0.5, 0.6) is 5.75 Å². The fraction of sp³-hybridized carbons (Fsp3) is 0.435. The van der Waals surface area contributed by atoms with Crippen molar-refractivity contribution in [2.45, 2.75) is 33.7 Å². The first-order valence-electron chi connectivity index (χ1n) is 9.87. The SMILES string of the molecule is [B]c1ccc(C(=O)N2CCN(C(C)c3ccc(OC)c(C)c3C)CC2)cc1C. The van der Waals surface area contributed by atoms with Crippen LogP contribution in [0.4, 0.5) is 0 Å². The van der Waals surface area contributed by atoms with E-state index >= 15 is 0 Å². The van der Waals surface area contributed by atoms with E-state index in [1.165, 1.54) is 16.7 Å². The molecule has 2 aromatic carbocycles. The molecule has 146 valence electrons. The first-order chi connectivity index (χ1) is 13.3. The standard InChI is InChI=1S/C23H29BN2O2/c1-15-14-19(6-8-21(15)24)23(27)26-12-10-25(11-13-26)18(4)20-7-9-22(28-5)17(3)16(20)2/h6-9,14,18H,10-13H2,1-5H3. The lowest BCUT2D eigenvalue weighted by molar-refractivity contribution is 0.0581. The average Bonchev–Trinajstić information content (AvgIpc) is 2.71. The Morgan fingerprint density at radius 2 is 1.71 bits per heavy atom. The van der Waals surface area contributed by atoms with Crippen molar-refractivity contribution < 1.29 is 9.53 Å². The second-order valence-corrected chi connectivity index (χ2v) is 7.68. The zero-order chi connectivity index (χ0) is 20.4. The van der Waals surface area contributed by atoms with Gasteiger partial charge >= 0.3 is 0 Å². The molecule has 1 aliphatic heterocycles. The van der Waals surface area contributed by atoms with E-state index in [-0.39, 0.29) is 5.91 Å². The minimum atomic E-state index is 0.0897. The van der Waals surface area contributed by atoms with Crippen molar-refractivity contribution >= 4 is 19.2 Å². The molecule has 5 heteroatoms. The van der Waals surface area contributed by atoms with Gasteiger partial charge in [0.05, 0.1) is 7.11 Å². The van der Waals surface area contributed by atoms with Crippen LogP contribution in [0.2, 0.25) is 0 Å². The molecular formula is C23H29BN2O2. The summed E-state index contributed by atoms with van der Waals surface area (Å²) in [5.74, 6) is 1.02. The summed E-state index contributed by atoms with van der Waals surface area (Å²) in [5.41, 5.74) is 6.19. The Hall–Kier alpha value is -2.27. The maximum absolute atomic E-state index is 12.8. The largest absolute Gasteiger partial charge is 0.496 e. The number of hydrogen-bond acceptors (Lipinski definition) is 3. The first-order valence-corrected chi connectivity index (χ1v) is 9.87. The highest BCUT2D eigenvalue weighted by Gasteiger charge is 2.26. The highest BCUT2D eigenvalue weighted by atomic mass is 16.5. The number of nitrogens with zero attached hydrogens (tertiary/aromatic N) is 2. The number of carbonyl (C=O) groups is 1. The first kappa shape index (κ1) is 20.5. The quantitative estimate of drug-likeness (QED) is 0.770. The molecule has 3 rings (SSSR count). The maximum atomic E-state index is 12.8. The van der Waals surface area contributed by atoms with E-state index in [4.69, 9.17) is 12.6 Å². The highest BCUT2D eigenvalue weighted by Crippen LogP contribution is 2.31. The van der Waals surface area contributed by atoms with Crippen molar-refractivity contribution in [2.75, 3.05) is 33.3 Å². The van der Waals surface area contributed by atoms with E-state index < -0.39 is 0 Å². The molecular weight excluding hydrogens is 347 g/mol. The predicted molar refractivity (Wildman–Crippen MR) is 115 cm³/mol. The molecule has 0 bridgehead atoms. The van der Waals surface area contributed by atoms with Gasteiger partial charge in [-0.15, -0.1) is 0 Å². The van der Waals surface area contributed by atoms with Gasteiger partial charge in [0.1, 0.15) is 13.6 Å². The number of hydrogen-bond donors (Lipinski definition) is 0. The molecule has 2 radical (unpaired) electrons. The number of amides is 1. The Labute approximate surface area is 169 Å². The summed E-state index contributed by atoms with van der Waals surface area (Å²) in [6.45, 7) is 11.7. The molecule has 1 atom stereocenters. The van der Waals surface area contributed by atoms with Gasteiger partial charge in [0.15, 0.2) is 0 Å². The average molecular weight is 376 g/mol. The van der Waals surface area contributed by atoms with Crippen LogP contribution in [0.1, 0.15) is 45.6 Å². The van der Waals surface area contributed by atoms with E-state index in [1.54, 1.807) is 7.11 Å². The molecule has 1 saturated heterocycles. The zero-order valence-corrected chi connectivity index (χ0v) is 17.6. The Morgan fingerprint density at radius 3 is 2.32 bits per heavy atom. The summed E-state index contributed by atoms with van der Waals surface area (Å²) < 4.78 is 5.44. The van der Waals surface area contributed by atoms with Crippen LogP contribution in [0, 0.1) is 20.8 Å². The second-order valence-electron chi connectivity index (χ2n) is 7.68. The minimum Gasteiger partial charge on any atom is -0.496 e. The summed E-state index contributed by atoms with van der Waals surface area (Å²) >= 11 is 0. The zero-order valence-electron chi connectivity index (χ0n) is 17.6. The van der Waals surface area contributed by atoms with Gasteiger partial charge < -0.3 is 9.64 Å². The molecule has 1 unspecified atom stereocenters. The van der Waals surface area contributed by atoms with Gasteiger partial charge in [-0.3, -0.25) is 9.69 Å². The summed E-state index contributed by atoms with van der Waals surface area (Å²) in [5, 5.41) is 0. The monoisotopic (exact) mass is 376 g/mol. The van der Waals surface area contributed by atoms with E-state index in [0.29, 0.717) is 6.04 Å². The van der Waals surface area contributed by atoms with Crippen LogP contribution >= 0.6 is 0 Å². The fourth-order valence-electron chi connectivity index (χ4n) is 3.99. The highest BCUT2D eigenvalue weighted by molar-refractivity contribution is 6.33. The molecule has 0 aliphatic carbocycles. The third kappa shape index (κ3) is 3.95. The molecule has 1 fully saturated rings. The summed E-state index contributed by atoms with van der Waals surface area (Å²) in [6, 6.07) is 10.0. The lowest BCUT2D eigenvalue weighted by atomic mass is 9.90. The van der Waals surface area contributed by atoms with E-state index in [9.17, 15) is 4.79 Å². The van der Waals surface area contributed by atoms with Crippen molar-refractivity contribution in [1.82, 2.24) is 9.80 Å². The Bertz CT molecular complexity index is 873. The van der Waals surface area contributed by atoms with Gasteiger partial charge in [-0.2, -0.15) is 0 Å². The Balaban J connectivity index is 1.67. The van der Waals surface area contributed by atoms with Crippen molar-refractivity contribution in [1.29, 1.82) is 0 Å². The number of ether oxygens (including phenoxy) is 1. The maximum Gasteiger partial charge on any atom is 0.253 e. The molecule has 0 saturated carbocycles. The molecule has 2 aromatic rings. The number of aryl methyl sites for hydroxylation is 1. The van der Waals surface area contributed by atoms with Crippen LogP contribution < -0.4 is 10.2 Å². The normalized spacial score (nSPS) is 16.1. The predicted octanol–water partition coefficient (Wildman–Crippen LogP) is 2.93. The number of rotatable bonds is 4. The summed E-state index contributed by atoms with van der Waals surface area (Å²) in [6.07, 6.45) is 0. The number of carbonyl (C=O) groups excluding carboxylic acids is 1. The minimum absolute atomic E-state index is 0.0897. The molecule has 0 spiro atoms. The van der Waals surface area contributed by atoms with Gasteiger partial charge in [0, 0.05) is 37.8 Å². The Morgan fingerprint density at radius 1 is 1.04 bits per heavy atom. The van der Waals surface area contributed by atoms with Crippen molar-refractivity contribution in [3.8, 4) is 5.75 Å². The van der Waals surface area contributed by atoms with E-state index in [0.717, 1.165) is 48.5 Å². The van der Waals surface area contributed by atoms with Gasteiger partial charge in [0.2, 0.25) is 0 Å².